The van der Waals surface area contributed by atoms with Gasteiger partial charge in [0, 0.05) is 21.8 Å². The van der Waals surface area contributed by atoms with Gasteiger partial charge in [-0.05, 0) is 77.4 Å². The van der Waals surface area contributed by atoms with Crippen LogP contribution in [0, 0.1) is 6.92 Å². The zero-order valence-electron chi connectivity index (χ0n) is 20.1. The molecular weight excluding hydrogens is 502 g/mol. The van der Waals surface area contributed by atoms with Gasteiger partial charge >= 0.3 is 0 Å². The predicted molar refractivity (Wildman–Crippen MR) is 152 cm³/mol. The summed E-state index contributed by atoms with van der Waals surface area (Å²) >= 11 is 2.87. The average Bonchev–Trinajstić information content (AvgIpc) is 3.42. The maximum Gasteiger partial charge on any atom is 0.272 e. The minimum atomic E-state index is -0.449. The van der Waals surface area contributed by atoms with Crippen molar-refractivity contribution >= 4 is 58.3 Å². The number of rotatable bonds is 9. The Kier molecular flexibility index (Phi) is 8.91. The third kappa shape index (κ3) is 7.67. The van der Waals surface area contributed by atoms with Gasteiger partial charge in [-0.15, -0.1) is 11.8 Å². The summed E-state index contributed by atoms with van der Waals surface area (Å²) in [5, 5.41) is 12.3. The molecule has 0 radical (unpaired) electrons. The molecule has 0 unspecified atom stereocenters. The van der Waals surface area contributed by atoms with E-state index in [0.717, 1.165) is 21.7 Å². The third-order valence-corrected chi connectivity index (χ3v) is 6.96. The predicted octanol–water partition coefficient (Wildman–Crippen LogP) is 6.20. The molecule has 1 heterocycles. The van der Waals surface area contributed by atoms with Gasteiger partial charge in [-0.1, -0.05) is 42.5 Å². The molecule has 0 saturated heterocycles. The van der Waals surface area contributed by atoms with Gasteiger partial charge < -0.3 is 16.0 Å². The summed E-state index contributed by atoms with van der Waals surface area (Å²) in [6.07, 6.45) is 1.64. The standard InChI is InChI=1S/C29H25N3O3S2/c1-20-8-5-6-13-25(20)31-27(33)19-37-24-12-7-11-23(17-24)30-29(35)26(16-21-14-15-36-18-21)32-28(34)22-9-3-2-4-10-22/h2-18H,19H2,1H3,(H,30,35)(H,31,33)(H,32,34)/b26-16-. The van der Waals surface area contributed by atoms with Gasteiger partial charge in [0.05, 0.1) is 5.75 Å². The number of para-hydroxylation sites is 1. The van der Waals surface area contributed by atoms with Crippen LogP contribution < -0.4 is 16.0 Å². The number of anilines is 2. The van der Waals surface area contributed by atoms with Crippen LogP contribution in [0.2, 0.25) is 0 Å². The van der Waals surface area contributed by atoms with Gasteiger partial charge in [0.2, 0.25) is 5.91 Å². The molecule has 4 rings (SSSR count). The van der Waals surface area contributed by atoms with Gasteiger partial charge in [0.1, 0.15) is 5.70 Å². The lowest BCUT2D eigenvalue weighted by molar-refractivity contribution is -0.114. The number of nitrogens with one attached hydrogen (secondary N) is 3. The topological polar surface area (TPSA) is 87.3 Å². The minimum absolute atomic E-state index is 0.113. The largest absolute Gasteiger partial charge is 0.325 e. The maximum absolute atomic E-state index is 13.2. The second kappa shape index (κ2) is 12.7. The number of carbonyl (C=O) groups is 3. The number of thioether (sulfide) groups is 1. The van der Waals surface area contributed by atoms with Crippen molar-refractivity contribution < 1.29 is 14.4 Å². The number of benzene rings is 3. The molecule has 37 heavy (non-hydrogen) atoms. The summed E-state index contributed by atoms with van der Waals surface area (Å²) in [6, 6.07) is 25.4. The summed E-state index contributed by atoms with van der Waals surface area (Å²) in [4.78, 5) is 39.1. The van der Waals surface area contributed by atoms with E-state index in [9.17, 15) is 14.4 Å². The molecule has 0 fully saturated rings. The van der Waals surface area contributed by atoms with Gasteiger partial charge in [-0.25, -0.2) is 0 Å². The SMILES string of the molecule is Cc1ccccc1NC(=O)CSc1cccc(NC(=O)/C(=C/c2ccsc2)NC(=O)c2ccccc2)c1. The Bertz CT molecular complexity index is 1420. The Morgan fingerprint density at radius 1 is 0.892 bits per heavy atom. The second-order valence-corrected chi connectivity index (χ2v) is 9.90. The first-order valence-electron chi connectivity index (χ1n) is 11.5. The van der Waals surface area contributed by atoms with E-state index in [-0.39, 0.29) is 23.3 Å². The van der Waals surface area contributed by atoms with Crippen molar-refractivity contribution in [2.24, 2.45) is 0 Å². The number of hydrogen-bond acceptors (Lipinski definition) is 5. The Morgan fingerprint density at radius 3 is 2.43 bits per heavy atom. The molecule has 0 aliphatic carbocycles. The Labute approximate surface area is 223 Å². The molecule has 3 aromatic carbocycles. The van der Waals surface area contributed by atoms with E-state index in [1.54, 1.807) is 42.5 Å². The van der Waals surface area contributed by atoms with Gasteiger partial charge in [0.15, 0.2) is 0 Å². The average molecular weight is 528 g/mol. The molecule has 6 nitrogen and oxygen atoms in total. The molecule has 0 saturated carbocycles. The smallest absolute Gasteiger partial charge is 0.272 e. The zero-order chi connectivity index (χ0) is 26.0. The van der Waals surface area contributed by atoms with Crippen LogP contribution >= 0.6 is 23.1 Å². The number of carbonyl (C=O) groups excluding carboxylic acids is 3. The fourth-order valence-electron chi connectivity index (χ4n) is 3.38. The lowest BCUT2D eigenvalue weighted by Gasteiger charge is -2.12. The van der Waals surface area contributed by atoms with Crippen LogP contribution in [0.25, 0.3) is 6.08 Å². The van der Waals surface area contributed by atoms with Crippen LogP contribution in [0.5, 0.6) is 0 Å². The van der Waals surface area contributed by atoms with E-state index in [1.807, 2.05) is 66.2 Å². The molecule has 0 bridgehead atoms. The highest BCUT2D eigenvalue weighted by Gasteiger charge is 2.15. The van der Waals surface area contributed by atoms with E-state index in [2.05, 4.69) is 16.0 Å². The fraction of sp³-hybridized carbons (Fsp3) is 0.0690. The normalized spacial score (nSPS) is 11.0. The Morgan fingerprint density at radius 2 is 1.68 bits per heavy atom. The molecule has 186 valence electrons. The molecule has 4 aromatic rings. The molecule has 3 N–H and O–H groups in total. The number of aryl methyl sites for hydroxylation is 1. The lowest BCUT2D eigenvalue weighted by atomic mass is 10.2. The third-order valence-electron chi connectivity index (χ3n) is 5.26. The minimum Gasteiger partial charge on any atom is -0.325 e. The zero-order valence-corrected chi connectivity index (χ0v) is 21.7. The van der Waals surface area contributed by atoms with E-state index in [0.29, 0.717) is 11.3 Å². The lowest BCUT2D eigenvalue weighted by Crippen LogP contribution is -2.30. The van der Waals surface area contributed by atoms with Crippen molar-refractivity contribution in [2.45, 2.75) is 11.8 Å². The summed E-state index contributed by atoms with van der Waals surface area (Å²) < 4.78 is 0. The van der Waals surface area contributed by atoms with Gasteiger partial charge in [-0.3, -0.25) is 14.4 Å². The molecule has 1 aromatic heterocycles. The first kappa shape index (κ1) is 25.9. The highest BCUT2D eigenvalue weighted by atomic mass is 32.2. The summed E-state index contributed by atoms with van der Waals surface area (Å²) in [7, 11) is 0. The summed E-state index contributed by atoms with van der Waals surface area (Å²) in [6.45, 7) is 1.94. The van der Waals surface area contributed by atoms with E-state index < -0.39 is 5.91 Å². The Balaban J connectivity index is 1.42. The van der Waals surface area contributed by atoms with E-state index in [4.69, 9.17) is 0 Å². The first-order valence-corrected chi connectivity index (χ1v) is 13.4. The van der Waals surface area contributed by atoms with Crippen LogP contribution in [0.15, 0.2) is 106 Å². The van der Waals surface area contributed by atoms with Crippen molar-refractivity contribution in [3.05, 3.63) is 118 Å². The summed E-state index contributed by atoms with van der Waals surface area (Å²) in [5.74, 6) is -0.711. The quantitative estimate of drug-likeness (QED) is 0.179. The highest BCUT2D eigenvalue weighted by Crippen LogP contribution is 2.23. The van der Waals surface area contributed by atoms with Crippen molar-refractivity contribution in [3.8, 4) is 0 Å². The van der Waals surface area contributed by atoms with E-state index >= 15 is 0 Å². The van der Waals surface area contributed by atoms with E-state index in [1.165, 1.54) is 23.1 Å². The van der Waals surface area contributed by atoms with Crippen molar-refractivity contribution in [2.75, 3.05) is 16.4 Å². The molecular formula is C29H25N3O3S2. The first-order chi connectivity index (χ1) is 18.0. The Hall–Kier alpha value is -4.14. The van der Waals surface area contributed by atoms with Crippen LogP contribution in [0.3, 0.4) is 0 Å². The summed E-state index contributed by atoms with van der Waals surface area (Å²) in [5.41, 5.74) is 3.73. The van der Waals surface area contributed by atoms with Crippen LogP contribution in [-0.2, 0) is 9.59 Å². The van der Waals surface area contributed by atoms with Gasteiger partial charge in [-0.2, -0.15) is 11.3 Å². The molecule has 0 aliphatic rings. The molecule has 0 atom stereocenters. The number of amides is 3. The van der Waals surface area contributed by atoms with Crippen molar-refractivity contribution in [1.29, 1.82) is 0 Å². The second-order valence-electron chi connectivity index (χ2n) is 8.07. The fourth-order valence-corrected chi connectivity index (χ4v) is 4.75. The van der Waals surface area contributed by atoms with Crippen LogP contribution in [0.1, 0.15) is 21.5 Å². The monoisotopic (exact) mass is 527 g/mol. The number of hydrogen-bond donors (Lipinski definition) is 3. The maximum atomic E-state index is 13.2. The van der Waals surface area contributed by atoms with Crippen molar-refractivity contribution in [1.82, 2.24) is 5.32 Å². The number of thiophene rings is 1. The van der Waals surface area contributed by atoms with Gasteiger partial charge in [0.25, 0.3) is 11.8 Å². The molecule has 0 aliphatic heterocycles. The van der Waals surface area contributed by atoms with Crippen LogP contribution in [-0.4, -0.2) is 23.5 Å². The van der Waals surface area contributed by atoms with Crippen molar-refractivity contribution in [3.63, 3.8) is 0 Å². The molecule has 3 amide bonds. The highest BCUT2D eigenvalue weighted by molar-refractivity contribution is 8.00. The molecule has 8 heteroatoms. The molecule has 0 spiro atoms. The van der Waals surface area contributed by atoms with Crippen LogP contribution in [0.4, 0.5) is 11.4 Å².